The van der Waals surface area contributed by atoms with Crippen molar-refractivity contribution in [3.05, 3.63) is 0 Å². The largest absolute Gasteiger partial charge is 0.360 e. The lowest BCUT2D eigenvalue weighted by molar-refractivity contribution is 0.260. The van der Waals surface area contributed by atoms with E-state index >= 15 is 0 Å². The van der Waals surface area contributed by atoms with Gasteiger partial charge in [0, 0.05) is 19.0 Å². The molecule has 0 aromatic heterocycles. The lowest BCUT2D eigenvalue weighted by atomic mass is 9.87. The Kier molecular flexibility index (Phi) is 3.66. The molecule has 15 heavy (non-hydrogen) atoms. The lowest BCUT2D eigenvalue weighted by Gasteiger charge is -2.36. The summed E-state index contributed by atoms with van der Waals surface area (Å²) in [7, 11) is 0. The molecule has 1 aliphatic carbocycles. The average Bonchev–Trinajstić information content (AvgIpc) is 2.30. The Hall–Kier alpha value is -0.530. The van der Waals surface area contributed by atoms with Gasteiger partial charge in [-0.1, -0.05) is 26.2 Å². The van der Waals surface area contributed by atoms with Gasteiger partial charge in [-0.25, -0.2) is 0 Å². The number of rotatable bonds is 1. The van der Waals surface area contributed by atoms with Crippen molar-refractivity contribution < 1.29 is 0 Å². The van der Waals surface area contributed by atoms with Crippen LogP contribution in [0.15, 0.2) is 0 Å². The summed E-state index contributed by atoms with van der Waals surface area (Å²) in [5.41, 5.74) is 0. The van der Waals surface area contributed by atoms with Crippen LogP contribution >= 0.6 is 0 Å². The first-order valence-corrected chi connectivity index (χ1v) is 6.61. The second kappa shape index (κ2) is 5.00. The zero-order valence-corrected chi connectivity index (χ0v) is 9.97. The summed E-state index contributed by atoms with van der Waals surface area (Å²) in [6.07, 6.45) is 9.19. The zero-order chi connectivity index (χ0) is 10.7. The molecule has 2 fully saturated rings. The first-order chi connectivity index (χ1) is 7.27. The van der Waals surface area contributed by atoms with Crippen LogP contribution in [0.4, 0.5) is 0 Å². The highest BCUT2D eigenvalue weighted by atomic mass is 15.2. The molecule has 0 aromatic carbocycles. The Balaban J connectivity index is 1.84. The molecule has 0 spiro atoms. The Labute approximate surface area is 93.6 Å². The van der Waals surface area contributed by atoms with Gasteiger partial charge in [0.15, 0.2) is 0 Å². The van der Waals surface area contributed by atoms with Crippen LogP contribution in [0.5, 0.6) is 0 Å². The second-order valence-corrected chi connectivity index (χ2v) is 5.39. The molecule has 2 rings (SSSR count). The topological polar surface area (TPSA) is 27.1 Å². The van der Waals surface area contributed by atoms with Gasteiger partial charge < -0.3 is 4.90 Å². The molecule has 86 valence electrons. The van der Waals surface area contributed by atoms with Crippen LogP contribution < -0.4 is 0 Å². The molecule has 2 nitrogen and oxygen atoms in total. The van der Waals surface area contributed by atoms with Gasteiger partial charge in [0.25, 0.3) is 0 Å². The van der Waals surface area contributed by atoms with Crippen LogP contribution in [0.1, 0.15) is 51.9 Å². The maximum Gasteiger partial charge on any atom is 0.0989 e. The molecule has 0 aromatic rings. The van der Waals surface area contributed by atoms with Crippen molar-refractivity contribution in [2.45, 2.75) is 51.9 Å². The van der Waals surface area contributed by atoms with Crippen LogP contribution in [0.25, 0.3) is 0 Å². The van der Waals surface area contributed by atoms with Gasteiger partial charge in [-0.2, -0.15) is 0 Å². The summed E-state index contributed by atoms with van der Waals surface area (Å²) >= 11 is 0. The fourth-order valence-electron chi connectivity index (χ4n) is 2.88. The maximum atomic E-state index is 8.27. The van der Waals surface area contributed by atoms with Crippen molar-refractivity contribution in [1.82, 2.24) is 4.90 Å². The second-order valence-electron chi connectivity index (χ2n) is 5.39. The number of nitrogens with one attached hydrogen (secondary N) is 1. The fourth-order valence-corrected chi connectivity index (χ4v) is 2.88. The van der Waals surface area contributed by atoms with E-state index in [1.807, 2.05) is 0 Å². The van der Waals surface area contributed by atoms with Crippen LogP contribution in [-0.2, 0) is 0 Å². The minimum absolute atomic E-state index is 0.590. The minimum atomic E-state index is 0.590. The van der Waals surface area contributed by atoms with E-state index in [9.17, 15) is 0 Å². The van der Waals surface area contributed by atoms with Crippen molar-refractivity contribution in [3.8, 4) is 0 Å². The highest BCUT2D eigenvalue weighted by Crippen LogP contribution is 2.27. The first-order valence-electron chi connectivity index (χ1n) is 6.61. The van der Waals surface area contributed by atoms with Gasteiger partial charge in [0.05, 0.1) is 5.84 Å². The van der Waals surface area contributed by atoms with Crippen LogP contribution in [0.2, 0.25) is 0 Å². The van der Waals surface area contributed by atoms with E-state index in [1.165, 1.54) is 44.9 Å². The molecule has 1 aliphatic heterocycles. The average molecular weight is 208 g/mol. The lowest BCUT2D eigenvalue weighted by Crippen LogP contribution is -2.41. The quantitative estimate of drug-likeness (QED) is 0.519. The van der Waals surface area contributed by atoms with Gasteiger partial charge in [-0.15, -0.1) is 0 Å². The standard InChI is InChI=1S/C13H24N2/c1-11-7-9-15(10-8-11)13(14)12-5-3-2-4-6-12/h11-12,14H,2-10H2,1H3. The maximum absolute atomic E-state index is 8.27. The molecule has 1 saturated heterocycles. The molecule has 1 heterocycles. The SMILES string of the molecule is CC1CCN(C(=N)C2CCCCC2)CC1. The highest BCUT2D eigenvalue weighted by Gasteiger charge is 2.25. The van der Waals surface area contributed by atoms with Gasteiger partial charge in [0.1, 0.15) is 0 Å². The van der Waals surface area contributed by atoms with E-state index in [0.29, 0.717) is 5.92 Å². The summed E-state index contributed by atoms with van der Waals surface area (Å²) in [5.74, 6) is 2.43. The Morgan fingerprint density at radius 1 is 1.00 bits per heavy atom. The van der Waals surface area contributed by atoms with E-state index < -0.39 is 0 Å². The third-order valence-electron chi connectivity index (χ3n) is 4.12. The molecular weight excluding hydrogens is 184 g/mol. The number of piperidine rings is 1. The van der Waals surface area contributed by atoms with E-state index in [2.05, 4.69) is 11.8 Å². The van der Waals surface area contributed by atoms with Crippen molar-refractivity contribution in [2.24, 2.45) is 11.8 Å². The van der Waals surface area contributed by atoms with E-state index in [1.54, 1.807) is 0 Å². The molecule has 1 saturated carbocycles. The molecular formula is C13H24N2. The summed E-state index contributed by atoms with van der Waals surface area (Å²) in [5, 5.41) is 8.27. The summed E-state index contributed by atoms with van der Waals surface area (Å²) in [4.78, 5) is 2.34. The highest BCUT2D eigenvalue weighted by molar-refractivity contribution is 5.81. The monoisotopic (exact) mass is 208 g/mol. The van der Waals surface area contributed by atoms with Gasteiger partial charge in [-0.05, 0) is 31.6 Å². The third-order valence-corrected chi connectivity index (χ3v) is 4.12. The van der Waals surface area contributed by atoms with E-state index in [0.717, 1.165) is 24.8 Å². The van der Waals surface area contributed by atoms with Crippen LogP contribution in [-0.4, -0.2) is 23.8 Å². The smallest absolute Gasteiger partial charge is 0.0989 e. The predicted molar refractivity (Wildman–Crippen MR) is 64.3 cm³/mol. The zero-order valence-electron chi connectivity index (χ0n) is 9.97. The Morgan fingerprint density at radius 3 is 2.20 bits per heavy atom. The minimum Gasteiger partial charge on any atom is -0.360 e. The summed E-state index contributed by atoms with van der Waals surface area (Å²) in [6, 6.07) is 0. The van der Waals surface area contributed by atoms with Crippen molar-refractivity contribution in [1.29, 1.82) is 5.41 Å². The van der Waals surface area contributed by atoms with Crippen molar-refractivity contribution in [2.75, 3.05) is 13.1 Å². The van der Waals surface area contributed by atoms with Crippen molar-refractivity contribution in [3.63, 3.8) is 0 Å². The Morgan fingerprint density at radius 2 is 1.60 bits per heavy atom. The first kappa shape index (κ1) is 11.0. The van der Waals surface area contributed by atoms with Crippen LogP contribution in [0, 0.1) is 17.2 Å². The van der Waals surface area contributed by atoms with Gasteiger partial charge in [0.2, 0.25) is 0 Å². The number of amidine groups is 1. The molecule has 2 aliphatic rings. The van der Waals surface area contributed by atoms with E-state index in [4.69, 9.17) is 5.41 Å². The normalized spacial score (nSPS) is 25.5. The van der Waals surface area contributed by atoms with Crippen molar-refractivity contribution >= 4 is 5.84 Å². The molecule has 2 heteroatoms. The number of hydrogen-bond acceptors (Lipinski definition) is 1. The molecule has 0 atom stereocenters. The molecule has 0 bridgehead atoms. The molecule has 0 radical (unpaired) electrons. The number of hydrogen-bond donors (Lipinski definition) is 1. The van der Waals surface area contributed by atoms with Gasteiger partial charge >= 0.3 is 0 Å². The van der Waals surface area contributed by atoms with Crippen LogP contribution in [0.3, 0.4) is 0 Å². The molecule has 1 N–H and O–H groups in total. The van der Waals surface area contributed by atoms with Gasteiger partial charge in [-0.3, -0.25) is 5.41 Å². The Bertz CT molecular complexity index is 211. The molecule has 0 amide bonds. The third kappa shape index (κ3) is 2.73. The summed E-state index contributed by atoms with van der Waals surface area (Å²) < 4.78 is 0. The summed E-state index contributed by atoms with van der Waals surface area (Å²) in [6.45, 7) is 4.61. The predicted octanol–water partition coefficient (Wildman–Crippen LogP) is 3.28. The van der Waals surface area contributed by atoms with E-state index in [-0.39, 0.29) is 0 Å². The fraction of sp³-hybridized carbons (Fsp3) is 0.923. The molecule has 0 unspecified atom stereocenters. The number of nitrogens with zero attached hydrogens (tertiary/aromatic N) is 1. The number of likely N-dealkylation sites (tertiary alicyclic amines) is 1.